The Morgan fingerprint density at radius 1 is 0.821 bits per heavy atom. The fraction of sp³-hybridized carbons (Fsp3) is 0.375. The first-order valence-electron chi connectivity index (χ1n) is 13.2. The fourth-order valence-corrected chi connectivity index (χ4v) is 6.28. The molecule has 2 aliphatic rings. The van der Waals surface area contributed by atoms with Crippen LogP contribution in [-0.2, 0) is 0 Å². The Bertz CT molecular complexity index is 1470. The average molecular weight is 545 g/mol. The van der Waals surface area contributed by atoms with Crippen molar-refractivity contribution < 1.29 is 30.7 Å². The van der Waals surface area contributed by atoms with E-state index < -0.39 is 35.0 Å². The summed E-state index contributed by atoms with van der Waals surface area (Å²) in [5, 5.41) is -0.273. The van der Waals surface area contributed by atoms with Gasteiger partial charge < -0.3 is 0 Å². The van der Waals surface area contributed by atoms with Crippen molar-refractivity contribution in [1.29, 1.82) is 0 Å². The number of allylic oxidation sites excluding steroid dienone is 1. The summed E-state index contributed by atoms with van der Waals surface area (Å²) in [5.74, 6) is 0.785. The second-order valence-electron chi connectivity index (χ2n) is 11.0. The number of rotatable bonds is 3. The minimum atomic E-state index is -4.91. The molecule has 3 aromatic rings. The third-order valence-corrected chi connectivity index (χ3v) is 8.19. The molecule has 204 valence electrons. The van der Waals surface area contributed by atoms with E-state index in [0.717, 1.165) is 48.6 Å². The van der Waals surface area contributed by atoms with Gasteiger partial charge in [0.05, 0.1) is 11.1 Å². The topological polar surface area (TPSA) is 0 Å². The molecule has 0 radical (unpaired) electrons. The molecule has 0 aromatic heterocycles. The Morgan fingerprint density at radius 3 is 2.23 bits per heavy atom. The van der Waals surface area contributed by atoms with E-state index in [0.29, 0.717) is 11.5 Å². The van der Waals surface area contributed by atoms with E-state index in [1.54, 1.807) is 6.08 Å². The first kappa shape index (κ1) is 27.3. The summed E-state index contributed by atoms with van der Waals surface area (Å²) in [5.41, 5.74) is -0.940. The van der Waals surface area contributed by atoms with Crippen LogP contribution in [0, 0.1) is 58.8 Å². The maximum Gasteiger partial charge on any atom is 0.458 e. The highest BCUT2D eigenvalue weighted by molar-refractivity contribution is 5.89. The normalized spacial score (nSPS) is 23.5. The standard InChI is InChI=1S/C32H27F7/c1-18-2-6-22-13-19(5-7-21(22)12-18)3-4-20-14-28(34)30(29(35)15-20)23-8-9-25-24(16-23)17-27(33)26(31(25)36)10-11-32(37,38)39/h3-4,8-9,14-19,21-22H,2,5-7,12-13H2,1H3/b4-3+. The van der Waals surface area contributed by atoms with Crippen molar-refractivity contribution in [3.05, 3.63) is 76.9 Å². The summed E-state index contributed by atoms with van der Waals surface area (Å²) in [6.45, 7) is 2.32. The summed E-state index contributed by atoms with van der Waals surface area (Å²) < 4.78 is 96.5. The Morgan fingerprint density at radius 2 is 1.51 bits per heavy atom. The molecule has 2 fully saturated rings. The Balaban J connectivity index is 1.38. The molecule has 2 saturated carbocycles. The van der Waals surface area contributed by atoms with Crippen LogP contribution in [0.25, 0.3) is 28.0 Å². The van der Waals surface area contributed by atoms with Crippen molar-refractivity contribution in [1.82, 2.24) is 0 Å². The highest BCUT2D eigenvalue weighted by Gasteiger charge is 2.33. The molecule has 7 heteroatoms. The zero-order valence-electron chi connectivity index (χ0n) is 21.3. The van der Waals surface area contributed by atoms with E-state index in [1.165, 1.54) is 55.9 Å². The van der Waals surface area contributed by atoms with E-state index >= 15 is 8.78 Å². The lowest BCUT2D eigenvalue weighted by Crippen LogP contribution is -2.29. The molecule has 2 aliphatic carbocycles. The van der Waals surface area contributed by atoms with E-state index in [1.807, 2.05) is 6.08 Å². The molecule has 3 aromatic carbocycles. The maximum absolute atomic E-state index is 15.1. The lowest BCUT2D eigenvalue weighted by Gasteiger charge is -2.40. The molecule has 0 saturated heterocycles. The van der Waals surface area contributed by atoms with Gasteiger partial charge in [0.25, 0.3) is 0 Å². The van der Waals surface area contributed by atoms with Crippen LogP contribution in [0.4, 0.5) is 30.7 Å². The fourth-order valence-electron chi connectivity index (χ4n) is 6.28. The van der Waals surface area contributed by atoms with Crippen LogP contribution in [0.3, 0.4) is 0 Å². The number of hydrogen-bond donors (Lipinski definition) is 0. The SMILES string of the molecule is CC1CCC2CC(/C=C/c3cc(F)c(-c4ccc5c(F)c(C#CC(F)(F)F)c(F)cc5c4)c(F)c3)CCC2C1. The van der Waals surface area contributed by atoms with Crippen molar-refractivity contribution in [2.45, 2.75) is 51.6 Å². The van der Waals surface area contributed by atoms with Gasteiger partial charge in [-0.1, -0.05) is 43.5 Å². The molecule has 4 atom stereocenters. The van der Waals surface area contributed by atoms with Gasteiger partial charge in [-0.25, -0.2) is 17.6 Å². The number of fused-ring (bicyclic) bond motifs is 2. The average Bonchev–Trinajstić information content (AvgIpc) is 2.86. The summed E-state index contributed by atoms with van der Waals surface area (Å²) in [6.07, 6.45) is 6.04. The number of halogens is 7. The van der Waals surface area contributed by atoms with E-state index in [-0.39, 0.29) is 21.9 Å². The van der Waals surface area contributed by atoms with Crippen LogP contribution in [0.2, 0.25) is 0 Å². The molecule has 0 aliphatic heterocycles. The third kappa shape index (κ3) is 6.00. The van der Waals surface area contributed by atoms with Gasteiger partial charge in [0.2, 0.25) is 0 Å². The van der Waals surface area contributed by atoms with Gasteiger partial charge in [-0.2, -0.15) is 13.2 Å². The summed E-state index contributed by atoms with van der Waals surface area (Å²) in [4.78, 5) is 0. The van der Waals surface area contributed by atoms with E-state index in [9.17, 15) is 22.0 Å². The van der Waals surface area contributed by atoms with Crippen molar-refractivity contribution in [2.75, 3.05) is 0 Å². The third-order valence-electron chi connectivity index (χ3n) is 8.19. The molecule has 0 spiro atoms. The van der Waals surface area contributed by atoms with Gasteiger partial charge in [0.1, 0.15) is 23.3 Å². The van der Waals surface area contributed by atoms with Crippen LogP contribution in [0.5, 0.6) is 0 Å². The molecule has 0 N–H and O–H groups in total. The summed E-state index contributed by atoms with van der Waals surface area (Å²) in [7, 11) is 0. The van der Waals surface area contributed by atoms with Crippen molar-refractivity contribution in [3.63, 3.8) is 0 Å². The molecule has 4 unspecified atom stereocenters. The zero-order chi connectivity index (χ0) is 27.9. The van der Waals surface area contributed by atoms with Gasteiger partial charge in [0.15, 0.2) is 0 Å². The smallest absolute Gasteiger partial charge is 0.206 e. The highest BCUT2D eigenvalue weighted by atomic mass is 19.4. The van der Waals surface area contributed by atoms with Gasteiger partial charge in [-0.15, -0.1) is 0 Å². The summed E-state index contributed by atoms with van der Waals surface area (Å²) in [6, 6.07) is 6.84. The van der Waals surface area contributed by atoms with Gasteiger partial charge in [-0.3, -0.25) is 0 Å². The Kier molecular flexibility index (Phi) is 7.50. The molecule has 39 heavy (non-hydrogen) atoms. The van der Waals surface area contributed by atoms with Gasteiger partial charge in [0, 0.05) is 11.3 Å². The zero-order valence-corrected chi connectivity index (χ0v) is 21.3. The second kappa shape index (κ2) is 10.7. The lowest BCUT2D eigenvalue weighted by molar-refractivity contribution is -0.0696. The molecular formula is C32H27F7. The predicted octanol–water partition coefficient (Wildman–Crippen LogP) is 9.84. The van der Waals surface area contributed by atoms with Crippen molar-refractivity contribution in [3.8, 4) is 23.0 Å². The number of alkyl halides is 3. The van der Waals surface area contributed by atoms with E-state index in [2.05, 4.69) is 6.92 Å². The van der Waals surface area contributed by atoms with Crippen LogP contribution in [0.1, 0.15) is 56.6 Å². The van der Waals surface area contributed by atoms with Crippen LogP contribution in [-0.4, -0.2) is 6.18 Å². The Labute approximate surface area is 222 Å². The number of hydrogen-bond acceptors (Lipinski definition) is 0. The molecule has 5 rings (SSSR count). The molecular weight excluding hydrogens is 517 g/mol. The van der Waals surface area contributed by atoms with Crippen LogP contribution in [0.15, 0.2) is 42.5 Å². The molecule has 0 amide bonds. The first-order chi connectivity index (χ1) is 18.5. The lowest BCUT2D eigenvalue weighted by atomic mass is 9.65. The monoisotopic (exact) mass is 544 g/mol. The predicted molar refractivity (Wildman–Crippen MR) is 139 cm³/mol. The minimum Gasteiger partial charge on any atom is -0.206 e. The highest BCUT2D eigenvalue weighted by Crippen LogP contribution is 2.45. The van der Waals surface area contributed by atoms with Crippen LogP contribution < -0.4 is 0 Å². The minimum absolute atomic E-state index is 0.0470. The first-order valence-corrected chi connectivity index (χ1v) is 13.2. The Hall–Kier alpha value is -3.27. The summed E-state index contributed by atoms with van der Waals surface area (Å²) >= 11 is 0. The van der Waals surface area contributed by atoms with Gasteiger partial charge >= 0.3 is 6.18 Å². The molecule has 0 bridgehead atoms. The second-order valence-corrected chi connectivity index (χ2v) is 11.0. The van der Waals surface area contributed by atoms with Gasteiger partial charge in [-0.05, 0) is 96.6 Å². The van der Waals surface area contributed by atoms with E-state index in [4.69, 9.17) is 0 Å². The maximum atomic E-state index is 15.1. The van der Waals surface area contributed by atoms with Crippen molar-refractivity contribution in [2.24, 2.45) is 23.7 Å². The molecule has 0 nitrogen and oxygen atoms in total. The van der Waals surface area contributed by atoms with Crippen LogP contribution >= 0.6 is 0 Å². The van der Waals surface area contributed by atoms with Crippen molar-refractivity contribution >= 4 is 16.8 Å². The number of benzene rings is 3. The molecule has 0 heterocycles. The largest absolute Gasteiger partial charge is 0.458 e. The quantitative estimate of drug-likeness (QED) is 0.227.